The Hall–Kier alpha value is -3.46. The topological polar surface area (TPSA) is 133 Å². The Morgan fingerprint density at radius 1 is 0.795 bits per heavy atom. The summed E-state index contributed by atoms with van der Waals surface area (Å²) in [5, 5.41) is 25.1. The summed E-state index contributed by atoms with van der Waals surface area (Å²) in [6.07, 6.45) is 17.0. The van der Waals surface area contributed by atoms with Crippen molar-refractivity contribution in [1.29, 1.82) is 0 Å². The minimum atomic E-state index is -0.596. The van der Waals surface area contributed by atoms with Gasteiger partial charge in [-0.3, -0.25) is 4.79 Å². The summed E-state index contributed by atoms with van der Waals surface area (Å²) in [6, 6.07) is 8.45. The van der Waals surface area contributed by atoms with Crippen LogP contribution in [-0.4, -0.2) is 83.2 Å². The summed E-state index contributed by atoms with van der Waals surface area (Å²) >= 11 is 0. The molecule has 2 saturated carbocycles. The summed E-state index contributed by atoms with van der Waals surface area (Å²) in [7, 11) is 0. The Morgan fingerprint density at radius 3 is 1.73 bits per heavy atom. The average Bonchev–Trinajstić information content (AvgIpc) is 3.81. The van der Waals surface area contributed by atoms with E-state index >= 15 is 0 Å². The van der Waals surface area contributed by atoms with E-state index in [9.17, 15) is 9.90 Å². The Morgan fingerprint density at radius 2 is 1.30 bits per heavy atom. The fourth-order valence-electron chi connectivity index (χ4n) is 4.95. The first kappa shape index (κ1) is 33.4. The normalized spacial score (nSPS) is 14.6. The largest absolute Gasteiger partial charge is 2.00 e. The minimum absolute atomic E-state index is 0. The number of aliphatic hydroxyl groups is 1. The number of halogens is 1. The number of aromatic nitrogens is 10. The molecule has 0 bridgehead atoms. The zero-order chi connectivity index (χ0) is 27.9. The molecule has 1 atom stereocenters. The molecule has 2 aliphatic rings. The van der Waals surface area contributed by atoms with Crippen molar-refractivity contribution in [2.24, 2.45) is 0 Å². The van der Waals surface area contributed by atoms with Crippen molar-refractivity contribution in [2.75, 3.05) is 0 Å². The van der Waals surface area contributed by atoms with E-state index in [4.69, 9.17) is 0 Å². The molecule has 224 valence electrons. The predicted octanol–water partition coefficient (Wildman–Crippen LogP) is 0.642. The number of carbonyl (C=O) groups excluding carboxylic acids is 1. The standard InChI is InChI=1S/C15H17N5O.C14H13N5O.CH3.BrH.Mg/c1-10(21)14-9-20(18-17-14)8-13-7-19-6-12(11-2-3-11)4-5-15(19)16-13;20-9-13-8-19(17-16-13)7-12-6-18-5-11(10-1-2-10)3-4-14(18)15-12;;;/h4-7,9-11,21H,2-3,8H2,1H3;3-6,8-10H,1-2,7H2;1H3;1H;/q;;-1;;+2/p-1. The molecule has 0 spiro atoms. The van der Waals surface area contributed by atoms with Gasteiger partial charge in [-0.2, -0.15) is 0 Å². The molecule has 0 radical (unpaired) electrons. The van der Waals surface area contributed by atoms with E-state index in [1.165, 1.54) is 36.8 Å². The van der Waals surface area contributed by atoms with E-state index in [1.807, 2.05) is 12.4 Å². The van der Waals surface area contributed by atoms with E-state index in [-0.39, 0.29) is 47.5 Å². The summed E-state index contributed by atoms with van der Waals surface area (Å²) in [4.78, 5) is 19.7. The predicted molar refractivity (Wildman–Crippen MR) is 161 cm³/mol. The SMILES string of the molecule is CC(O)c1cn(Cc2cn3cc(C4CC4)ccc3n2)nn1.O=Cc1cn(Cc2cn3cc(C4CC4)ccc3n2)nn1.[Br-].[CH3-].[Mg+2]. The van der Waals surface area contributed by atoms with Gasteiger partial charge in [0.05, 0.1) is 43.0 Å². The van der Waals surface area contributed by atoms with Crippen LogP contribution < -0.4 is 17.0 Å². The van der Waals surface area contributed by atoms with Crippen molar-refractivity contribution in [2.45, 2.75) is 63.6 Å². The monoisotopic (exact) mass is 668 g/mol. The second-order valence-corrected chi connectivity index (χ2v) is 10.9. The summed E-state index contributed by atoms with van der Waals surface area (Å²) in [5.41, 5.74) is 7.41. The van der Waals surface area contributed by atoms with Crippen LogP contribution in [0.3, 0.4) is 0 Å². The molecule has 0 aromatic carbocycles. The maximum absolute atomic E-state index is 10.6. The maximum atomic E-state index is 10.6. The van der Waals surface area contributed by atoms with Crippen LogP contribution in [0, 0.1) is 7.43 Å². The number of hydrogen-bond donors (Lipinski definition) is 1. The fraction of sp³-hybridized carbons (Fsp3) is 0.333. The number of imidazole rings is 2. The van der Waals surface area contributed by atoms with E-state index in [0.717, 1.165) is 34.5 Å². The molecule has 0 saturated heterocycles. The van der Waals surface area contributed by atoms with Crippen molar-refractivity contribution in [3.63, 3.8) is 0 Å². The molecule has 6 heterocycles. The molecule has 0 amide bonds. The average molecular weight is 670 g/mol. The molecule has 1 N–H and O–H groups in total. The summed E-state index contributed by atoms with van der Waals surface area (Å²) in [6.45, 7) is 2.75. The van der Waals surface area contributed by atoms with Gasteiger partial charge >= 0.3 is 23.1 Å². The zero-order valence-corrected chi connectivity index (χ0v) is 27.7. The van der Waals surface area contributed by atoms with E-state index in [0.29, 0.717) is 30.8 Å². The second-order valence-electron chi connectivity index (χ2n) is 10.9. The van der Waals surface area contributed by atoms with Gasteiger partial charge in [0.25, 0.3) is 0 Å². The van der Waals surface area contributed by atoms with Crippen molar-refractivity contribution >= 4 is 40.6 Å². The van der Waals surface area contributed by atoms with E-state index in [2.05, 4.69) is 76.1 Å². The molecule has 44 heavy (non-hydrogen) atoms. The first-order valence-electron chi connectivity index (χ1n) is 13.9. The van der Waals surface area contributed by atoms with Gasteiger partial charge in [0.1, 0.15) is 22.7 Å². The molecule has 12 nitrogen and oxygen atoms in total. The van der Waals surface area contributed by atoms with Gasteiger partial charge in [-0.15, -0.1) is 10.2 Å². The molecule has 2 aliphatic carbocycles. The zero-order valence-electron chi connectivity index (χ0n) is 24.7. The molecule has 0 aliphatic heterocycles. The van der Waals surface area contributed by atoms with Crippen molar-refractivity contribution in [3.05, 3.63) is 103 Å². The quantitative estimate of drug-likeness (QED) is 0.142. The number of aliphatic hydroxyl groups excluding tert-OH is 1. The first-order valence-corrected chi connectivity index (χ1v) is 13.9. The Kier molecular flexibility index (Phi) is 10.7. The molecule has 1 unspecified atom stereocenters. The molecule has 2 fully saturated rings. The first-order chi connectivity index (χ1) is 20.0. The van der Waals surface area contributed by atoms with Crippen molar-refractivity contribution < 1.29 is 26.9 Å². The van der Waals surface area contributed by atoms with Crippen LogP contribution in [0.2, 0.25) is 0 Å². The van der Waals surface area contributed by atoms with Gasteiger partial charge in [-0.05, 0) is 67.7 Å². The van der Waals surface area contributed by atoms with Gasteiger partial charge in [0.15, 0.2) is 6.29 Å². The number of carbonyl (C=O) groups is 1. The third-order valence-electron chi connectivity index (χ3n) is 7.45. The number of nitrogens with zero attached hydrogens (tertiary/aromatic N) is 10. The smallest absolute Gasteiger partial charge is 1.00 e. The number of pyridine rings is 2. The maximum Gasteiger partial charge on any atom is 2.00 e. The molecule has 14 heteroatoms. The second kappa shape index (κ2) is 14.1. The third-order valence-corrected chi connectivity index (χ3v) is 7.45. The van der Waals surface area contributed by atoms with Gasteiger partial charge in [0, 0.05) is 24.8 Å². The minimum Gasteiger partial charge on any atom is -1.00 e. The van der Waals surface area contributed by atoms with Crippen LogP contribution in [0.5, 0.6) is 0 Å². The molecule has 6 aromatic heterocycles. The van der Waals surface area contributed by atoms with Gasteiger partial charge in [-0.1, -0.05) is 22.6 Å². The number of rotatable bonds is 8. The van der Waals surface area contributed by atoms with Crippen LogP contribution in [-0.2, 0) is 13.1 Å². The number of fused-ring (bicyclic) bond motifs is 2. The van der Waals surface area contributed by atoms with Gasteiger partial charge in [0.2, 0.25) is 0 Å². The van der Waals surface area contributed by atoms with Crippen molar-refractivity contribution in [3.8, 4) is 0 Å². The van der Waals surface area contributed by atoms with Crippen molar-refractivity contribution in [1.82, 2.24) is 48.8 Å². The summed E-state index contributed by atoms with van der Waals surface area (Å²) in [5.74, 6) is 1.47. The van der Waals surface area contributed by atoms with E-state index < -0.39 is 6.10 Å². The molecule has 6 aromatic rings. The Bertz CT molecular complexity index is 1850. The van der Waals surface area contributed by atoms with Gasteiger partial charge in [-0.25, -0.2) is 19.3 Å². The Labute approximate surface area is 281 Å². The van der Waals surface area contributed by atoms with Gasteiger partial charge < -0.3 is 38.3 Å². The van der Waals surface area contributed by atoms with E-state index in [1.54, 1.807) is 28.7 Å². The molecular formula is C30H33BrMgN10O2. The van der Waals surface area contributed by atoms with Crippen LogP contribution in [0.15, 0.2) is 61.4 Å². The van der Waals surface area contributed by atoms with Crippen LogP contribution in [0.1, 0.15) is 89.2 Å². The molecule has 8 rings (SSSR count). The number of hydrogen-bond acceptors (Lipinski definition) is 8. The Balaban J connectivity index is 0.000000188. The fourth-order valence-corrected chi connectivity index (χ4v) is 4.95. The van der Waals surface area contributed by atoms with Crippen LogP contribution in [0.4, 0.5) is 0 Å². The molecular weight excluding hydrogens is 637 g/mol. The number of aldehydes is 1. The third kappa shape index (κ3) is 7.60. The van der Waals surface area contributed by atoms with Crippen LogP contribution >= 0.6 is 0 Å². The van der Waals surface area contributed by atoms with Crippen LogP contribution in [0.25, 0.3) is 11.3 Å². The summed E-state index contributed by atoms with van der Waals surface area (Å²) < 4.78 is 7.45.